The van der Waals surface area contributed by atoms with Crippen LogP contribution >= 0.6 is 0 Å². The first-order valence-electron chi connectivity index (χ1n) is 10.3. The zero-order chi connectivity index (χ0) is 22.3. The number of rotatable bonds is 9. The van der Waals surface area contributed by atoms with E-state index >= 15 is 0 Å². The third-order valence-electron chi connectivity index (χ3n) is 5.16. The lowest BCUT2D eigenvalue weighted by Gasteiger charge is -2.11. The van der Waals surface area contributed by atoms with E-state index in [1.807, 2.05) is 60.8 Å². The lowest BCUT2D eigenvalue weighted by atomic mass is 9.99. The molecule has 3 aromatic rings. The number of aryl methyl sites for hydroxylation is 1. The van der Waals surface area contributed by atoms with Crippen molar-refractivity contribution >= 4 is 17.8 Å². The minimum Gasteiger partial charge on any atom is -0.489 e. The summed E-state index contributed by atoms with van der Waals surface area (Å²) in [4.78, 5) is 24.3. The Morgan fingerprint density at radius 2 is 2.00 bits per heavy atom. The van der Waals surface area contributed by atoms with Crippen LogP contribution in [0.4, 0.5) is 0 Å². The molecule has 0 saturated carbocycles. The smallest absolute Gasteiger partial charge is 0.303 e. The van der Waals surface area contributed by atoms with Crippen LogP contribution in [0.3, 0.4) is 0 Å². The maximum absolute atomic E-state index is 10.7. The van der Waals surface area contributed by atoms with Gasteiger partial charge in [0.1, 0.15) is 31.5 Å². The largest absolute Gasteiger partial charge is 0.489 e. The van der Waals surface area contributed by atoms with Gasteiger partial charge >= 0.3 is 5.97 Å². The summed E-state index contributed by atoms with van der Waals surface area (Å²) < 4.78 is 5.92. The highest BCUT2D eigenvalue weighted by Crippen LogP contribution is 2.26. The van der Waals surface area contributed by atoms with Crippen molar-refractivity contribution < 1.29 is 19.5 Å². The predicted molar refractivity (Wildman–Crippen MR) is 120 cm³/mol. The first-order chi connectivity index (χ1) is 15.6. The van der Waals surface area contributed by atoms with E-state index in [0.717, 1.165) is 45.0 Å². The van der Waals surface area contributed by atoms with Gasteiger partial charge in [-0.3, -0.25) is 4.79 Å². The standard InChI is InChI=1S/C25H23N3O4/c1-31-28-25(20-12-21-14-26-16-27-23(21)13-20)19-4-2-3-18(11-19)15-32-22-8-5-17(6-9-22)7-10-24(29)30/h2-6,8-9,11,13-14,16H,7,10,12,15H2,1H3,(H,29,30)/b28-25+. The molecule has 162 valence electrons. The number of allylic oxidation sites excluding steroid dienone is 1. The number of nitrogens with zero attached hydrogens (tertiary/aromatic N) is 3. The molecule has 2 aromatic carbocycles. The van der Waals surface area contributed by atoms with Crippen LogP contribution in [-0.2, 0) is 29.1 Å². The number of aromatic nitrogens is 2. The van der Waals surface area contributed by atoms with E-state index in [9.17, 15) is 4.79 Å². The summed E-state index contributed by atoms with van der Waals surface area (Å²) in [6, 6.07) is 15.5. The quantitative estimate of drug-likeness (QED) is 0.407. The van der Waals surface area contributed by atoms with Gasteiger partial charge in [0.15, 0.2) is 0 Å². The van der Waals surface area contributed by atoms with E-state index in [1.54, 1.807) is 6.33 Å². The van der Waals surface area contributed by atoms with Crippen molar-refractivity contribution in [1.29, 1.82) is 0 Å². The van der Waals surface area contributed by atoms with Crippen molar-refractivity contribution in [2.24, 2.45) is 5.16 Å². The van der Waals surface area contributed by atoms with Gasteiger partial charge in [-0.2, -0.15) is 0 Å². The van der Waals surface area contributed by atoms with Gasteiger partial charge in [0, 0.05) is 30.2 Å². The molecule has 7 nitrogen and oxygen atoms in total. The van der Waals surface area contributed by atoms with Crippen LogP contribution in [0.15, 0.2) is 71.8 Å². The van der Waals surface area contributed by atoms with E-state index in [1.165, 1.54) is 7.11 Å². The van der Waals surface area contributed by atoms with Crippen molar-refractivity contribution in [3.8, 4) is 5.75 Å². The van der Waals surface area contributed by atoms with Gasteiger partial charge in [-0.25, -0.2) is 9.97 Å². The third-order valence-corrected chi connectivity index (χ3v) is 5.16. The highest BCUT2D eigenvalue weighted by atomic mass is 16.6. The molecule has 1 N–H and O–H groups in total. The van der Waals surface area contributed by atoms with Gasteiger partial charge < -0.3 is 14.7 Å². The van der Waals surface area contributed by atoms with Crippen LogP contribution in [0, 0.1) is 0 Å². The summed E-state index contributed by atoms with van der Waals surface area (Å²) in [7, 11) is 1.54. The van der Waals surface area contributed by atoms with Crippen molar-refractivity contribution in [2.75, 3.05) is 7.11 Å². The topological polar surface area (TPSA) is 93.9 Å². The molecule has 0 spiro atoms. The van der Waals surface area contributed by atoms with Crippen molar-refractivity contribution in [1.82, 2.24) is 9.97 Å². The first-order valence-corrected chi connectivity index (χ1v) is 10.3. The third kappa shape index (κ3) is 5.18. The Kier molecular flexibility index (Phi) is 6.55. The molecule has 0 radical (unpaired) electrons. The maximum Gasteiger partial charge on any atom is 0.303 e. The number of ether oxygens (including phenoxy) is 1. The fraction of sp³-hybridized carbons (Fsp3) is 0.200. The molecule has 32 heavy (non-hydrogen) atoms. The molecule has 0 amide bonds. The van der Waals surface area contributed by atoms with E-state index in [0.29, 0.717) is 19.4 Å². The maximum atomic E-state index is 10.7. The summed E-state index contributed by atoms with van der Waals surface area (Å²) in [5.74, 6) is -0.0699. The summed E-state index contributed by atoms with van der Waals surface area (Å²) >= 11 is 0. The second kappa shape index (κ2) is 9.87. The van der Waals surface area contributed by atoms with Gasteiger partial charge in [0.25, 0.3) is 0 Å². The molecule has 1 aliphatic carbocycles. The highest BCUT2D eigenvalue weighted by Gasteiger charge is 2.20. The van der Waals surface area contributed by atoms with E-state index in [4.69, 9.17) is 14.7 Å². The second-order valence-corrected chi connectivity index (χ2v) is 7.43. The molecule has 0 aliphatic heterocycles. The van der Waals surface area contributed by atoms with Crippen molar-refractivity contribution in [2.45, 2.75) is 25.9 Å². The fourth-order valence-electron chi connectivity index (χ4n) is 3.57. The number of fused-ring (bicyclic) bond motifs is 1. The molecule has 1 aromatic heterocycles. The molecule has 0 unspecified atom stereocenters. The average molecular weight is 429 g/mol. The number of carboxylic acid groups (broad SMARTS) is 1. The fourth-order valence-corrected chi connectivity index (χ4v) is 3.57. The van der Waals surface area contributed by atoms with E-state index < -0.39 is 5.97 Å². The average Bonchev–Trinajstić information content (AvgIpc) is 3.24. The normalized spacial score (nSPS) is 12.8. The number of aliphatic carboxylic acids is 1. The Hall–Kier alpha value is -4.00. The van der Waals surface area contributed by atoms with Crippen LogP contribution in [0.5, 0.6) is 5.75 Å². The van der Waals surface area contributed by atoms with E-state index in [2.05, 4.69) is 15.1 Å². The van der Waals surface area contributed by atoms with Crippen molar-refractivity contribution in [3.05, 3.63) is 94.6 Å². The Bertz CT molecular complexity index is 1170. The van der Waals surface area contributed by atoms with Gasteiger partial charge in [0.2, 0.25) is 0 Å². The Balaban J connectivity index is 1.45. The van der Waals surface area contributed by atoms with Gasteiger partial charge in [-0.05, 0) is 47.4 Å². The highest BCUT2D eigenvalue weighted by molar-refractivity contribution is 6.15. The molecule has 0 bridgehead atoms. The lowest BCUT2D eigenvalue weighted by molar-refractivity contribution is -0.136. The number of oxime groups is 1. The summed E-state index contributed by atoms with van der Waals surface area (Å²) in [5.41, 5.74) is 6.66. The van der Waals surface area contributed by atoms with E-state index in [-0.39, 0.29) is 6.42 Å². The monoisotopic (exact) mass is 429 g/mol. The molecule has 7 heteroatoms. The van der Waals surface area contributed by atoms with Gasteiger partial charge in [-0.1, -0.05) is 35.5 Å². The lowest BCUT2D eigenvalue weighted by Crippen LogP contribution is -2.07. The van der Waals surface area contributed by atoms with Crippen LogP contribution in [-0.4, -0.2) is 33.9 Å². The molecule has 0 atom stereocenters. The summed E-state index contributed by atoms with van der Waals surface area (Å²) in [6.45, 7) is 0.396. The molecule has 1 aliphatic rings. The predicted octanol–water partition coefficient (Wildman–Crippen LogP) is 4.06. The molecular formula is C25H23N3O4. The van der Waals surface area contributed by atoms with Crippen LogP contribution in [0.25, 0.3) is 6.08 Å². The molecule has 0 saturated heterocycles. The molecular weight excluding hydrogens is 406 g/mol. The molecule has 0 fully saturated rings. The number of hydrogen-bond donors (Lipinski definition) is 1. The number of hydrogen-bond acceptors (Lipinski definition) is 6. The number of carbonyl (C=O) groups is 1. The Morgan fingerprint density at radius 3 is 2.75 bits per heavy atom. The molecule has 1 heterocycles. The van der Waals surface area contributed by atoms with Gasteiger partial charge in [-0.15, -0.1) is 0 Å². The first kappa shape index (κ1) is 21.2. The molecule has 4 rings (SSSR count). The summed E-state index contributed by atoms with van der Waals surface area (Å²) in [5, 5.41) is 13.1. The van der Waals surface area contributed by atoms with Crippen molar-refractivity contribution in [3.63, 3.8) is 0 Å². The van der Waals surface area contributed by atoms with Crippen LogP contribution < -0.4 is 4.74 Å². The minimum atomic E-state index is -0.799. The number of benzene rings is 2. The zero-order valence-electron chi connectivity index (χ0n) is 17.7. The summed E-state index contributed by atoms with van der Waals surface area (Å²) in [6.07, 6.45) is 6.71. The second-order valence-electron chi connectivity index (χ2n) is 7.43. The number of carboxylic acids is 1. The SMILES string of the molecule is CO/N=C(/C1=Cc2ncncc2C1)c1cccc(COc2ccc(CCC(=O)O)cc2)c1. The zero-order valence-corrected chi connectivity index (χ0v) is 17.7. The van der Waals surface area contributed by atoms with Gasteiger partial charge in [0.05, 0.1) is 5.69 Å². The Morgan fingerprint density at radius 1 is 1.16 bits per heavy atom. The minimum absolute atomic E-state index is 0.118. The Labute approximate surface area is 186 Å². The van der Waals surface area contributed by atoms with Crippen LogP contribution in [0.1, 0.15) is 34.4 Å². The van der Waals surface area contributed by atoms with Crippen LogP contribution in [0.2, 0.25) is 0 Å².